The molecule has 24 heavy (non-hydrogen) atoms. The van der Waals surface area contributed by atoms with Gasteiger partial charge in [0.05, 0.1) is 20.9 Å². The highest BCUT2D eigenvalue weighted by Crippen LogP contribution is 2.30. The van der Waals surface area contributed by atoms with Crippen molar-refractivity contribution >= 4 is 28.6 Å². The Balaban J connectivity index is 1.63. The molecule has 0 spiro atoms. The first-order valence-corrected chi connectivity index (χ1v) is 7.88. The van der Waals surface area contributed by atoms with Crippen LogP contribution in [0.1, 0.15) is 11.8 Å². The summed E-state index contributed by atoms with van der Waals surface area (Å²) < 4.78 is 11.0. The van der Waals surface area contributed by atoms with Crippen molar-refractivity contribution in [2.75, 3.05) is 6.61 Å². The molecule has 9 heteroatoms. The maximum atomic E-state index is 12.1. The average molecular weight is 347 g/mol. The van der Waals surface area contributed by atoms with Gasteiger partial charge in [-0.2, -0.15) is 5.10 Å². The fraction of sp³-hybridized carbons (Fsp3) is 0.200. The van der Waals surface area contributed by atoms with Crippen LogP contribution in [-0.4, -0.2) is 29.3 Å². The molecule has 1 aromatic carbocycles. The zero-order valence-corrected chi connectivity index (χ0v) is 13.4. The standard InChI is InChI=1S/C15H13N3O5S/c1-9(14-6-10(8-24-14)18(20)21)16-17-15(19)13-7-22-11-4-2-3-5-12(11)23-13/h2-6,8,13H,7H2,1H3,(H,17,19)/b16-9+/t13-/m1/s1. The summed E-state index contributed by atoms with van der Waals surface area (Å²) >= 11 is 1.18. The van der Waals surface area contributed by atoms with E-state index in [0.717, 1.165) is 0 Å². The third-order valence-electron chi connectivity index (χ3n) is 3.29. The van der Waals surface area contributed by atoms with Crippen molar-refractivity contribution < 1.29 is 19.2 Å². The summed E-state index contributed by atoms with van der Waals surface area (Å²) in [4.78, 5) is 22.9. The van der Waals surface area contributed by atoms with Crippen LogP contribution in [-0.2, 0) is 4.79 Å². The third kappa shape index (κ3) is 3.35. The summed E-state index contributed by atoms with van der Waals surface area (Å²) in [5, 5.41) is 16.1. The Bertz CT molecular complexity index is 817. The zero-order valence-electron chi connectivity index (χ0n) is 12.6. The molecular weight excluding hydrogens is 334 g/mol. The van der Waals surface area contributed by atoms with E-state index in [1.807, 2.05) is 6.07 Å². The van der Waals surface area contributed by atoms with E-state index in [4.69, 9.17) is 9.47 Å². The number of carbonyl (C=O) groups excluding carboxylic acids is 1. The second-order valence-corrected chi connectivity index (χ2v) is 5.87. The van der Waals surface area contributed by atoms with Gasteiger partial charge in [0.2, 0.25) is 6.10 Å². The number of nitro groups is 1. The second-order valence-electron chi connectivity index (χ2n) is 4.96. The molecule has 124 valence electrons. The van der Waals surface area contributed by atoms with Gasteiger partial charge in [-0.3, -0.25) is 14.9 Å². The third-order valence-corrected chi connectivity index (χ3v) is 4.31. The number of benzene rings is 1. The maximum Gasteiger partial charge on any atom is 0.284 e. The van der Waals surface area contributed by atoms with Crippen molar-refractivity contribution in [1.82, 2.24) is 5.43 Å². The van der Waals surface area contributed by atoms with Crippen LogP contribution >= 0.6 is 11.3 Å². The highest BCUT2D eigenvalue weighted by atomic mass is 32.1. The number of ether oxygens (including phenoxy) is 2. The van der Waals surface area contributed by atoms with Crippen LogP contribution < -0.4 is 14.9 Å². The van der Waals surface area contributed by atoms with Gasteiger partial charge in [-0.1, -0.05) is 12.1 Å². The van der Waals surface area contributed by atoms with Gasteiger partial charge in [0.15, 0.2) is 11.5 Å². The van der Waals surface area contributed by atoms with Crippen molar-refractivity contribution in [2.24, 2.45) is 5.10 Å². The van der Waals surface area contributed by atoms with Crippen molar-refractivity contribution in [2.45, 2.75) is 13.0 Å². The largest absolute Gasteiger partial charge is 0.485 e. The molecule has 0 fully saturated rings. The Kier molecular flexibility index (Phi) is 4.43. The molecule has 1 aromatic heterocycles. The summed E-state index contributed by atoms with van der Waals surface area (Å²) in [6.45, 7) is 1.74. The van der Waals surface area contributed by atoms with E-state index in [-0.39, 0.29) is 12.3 Å². The van der Waals surface area contributed by atoms with Gasteiger partial charge in [-0.15, -0.1) is 11.3 Å². The van der Waals surface area contributed by atoms with Gasteiger partial charge >= 0.3 is 0 Å². The van der Waals surface area contributed by atoms with Gasteiger partial charge < -0.3 is 9.47 Å². The minimum absolute atomic E-state index is 0.00324. The van der Waals surface area contributed by atoms with Crippen LogP contribution in [0.2, 0.25) is 0 Å². The van der Waals surface area contributed by atoms with E-state index < -0.39 is 16.9 Å². The molecular formula is C15H13N3O5S. The molecule has 0 bridgehead atoms. The van der Waals surface area contributed by atoms with Crippen LogP contribution in [0, 0.1) is 10.1 Å². The molecule has 1 amide bonds. The maximum absolute atomic E-state index is 12.1. The number of nitrogens with one attached hydrogen (secondary N) is 1. The van der Waals surface area contributed by atoms with E-state index in [2.05, 4.69) is 10.5 Å². The fourth-order valence-electron chi connectivity index (χ4n) is 2.03. The molecule has 2 aromatic rings. The molecule has 1 aliphatic rings. The molecule has 1 N–H and O–H groups in total. The Labute approximate surface area is 140 Å². The number of hydrogen-bond donors (Lipinski definition) is 1. The molecule has 0 unspecified atom stereocenters. The number of para-hydroxylation sites is 2. The van der Waals surface area contributed by atoms with Crippen molar-refractivity contribution in [1.29, 1.82) is 0 Å². The second kappa shape index (κ2) is 6.67. The molecule has 0 saturated heterocycles. The smallest absolute Gasteiger partial charge is 0.284 e. The molecule has 1 aliphatic heterocycles. The first-order valence-electron chi connectivity index (χ1n) is 7.00. The predicted octanol–water partition coefficient (Wildman–Crippen LogP) is 2.34. The summed E-state index contributed by atoms with van der Waals surface area (Å²) in [5.41, 5.74) is 2.87. The lowest BCUT2D eigenvalue weighted by molar-refractivity contribution is -0.384. The van der Waals surface area contributed by atoms with E-state index in [9.17, 15) is 14.9 Å². The van der Waals surface area contributed by atoms with Gasteiger partial charge in [0.25, 0.3) is 11.6 Å². The molecule has 0 saturated carbocycles. The normalized spacial score (nSPS) is 16.5. The van der Waals surface area contributed by atoms with Crippen molar-refractivity contribution in [3.05, 3.63) is 50.7 Å². The van der Waals surface area contributed by atoms with Crippen LogP contribution in [0.3, 0.4) is 0 Å². The van der Waals surface area contributed by atoms with E-state index in [0.29, 0.717) is 22.1 Å². The van der Waals surface area contributed by atoms with Crippen LogP contribution in [0.15, 0.2) is 40.8 Å². The Morgan fingerprint density at radius 3 is 2.88 bits per heavy atom. The number of rotatable bonds is 4. The molecule has 8 nitrogen and oxygen atoms in total. The highest BCUT2D eigenvalue weighted by molar-refractivity contribution is 7.12. The first-order chi connectivity index (χ1) is 11.5. The van der Waals surface area contributed by atoms with Crippen molar-refractivity contribution in [3.8, 4) is 11.5 Å². The number of carbonyl (C=O) groups is 1. The molecule has 3 rings (SSSR count). The topological polar surface area (TPSA) is 103 Å². The average Bonchev–Trinajstić information content (AvgIpc) is 3.09. The summed E-state index contributed by atoms with van der Waals surface area (Å²) in [6, 6.07) is 8.49. The van der Waals surface area contributed by atoms with Crippen LogP contribution in [0.4, 0.5) is 5.69 Å². The summed E-state index contributed by atoms with van der Waals surface area (Å²) in [6.07, 6.45) is -0.811. The number of nitrogens with zero attached hydrogens (tertiary/aromatic N) is 2. The van der Waals surface area contributed by atoms with E-state index in [1.165, 1.54) is 22.8 Å². The molecule has 0 radical (unpaired) electrons. The summed E-state index contributed by atoms with van der Waals surface area (Å²) in [5.74, 6) is 0.639. The Morgan fingerprint density at radius 2 is 2.17 bits per heavy atom. The minimum Gasteiger partial charge on any atom is -0.485 e. The monoisotopic (exact) mass is 347 g/mol. The highest BCUT2D eigenvalue weighted by Gasteiger charge is 2.27. The number of amides is 1. The summed E-state index contributed by atoms with van der Waals surface area (Å²) in [7, 11) is 0. The van der Waals surface area contributed by atoms with E-state index >= 15 is 0 Å². The van der Waals surface area contributed by atoms with Crippen LogP contribution in [0.5, 0.6) is 11.5 Å². The lowest BCUT2D eigenvalue weighted by Crippen LogP contribution is -2.42. The Hall–Kier alpha value is -2.94. The minimum atomic E-state index is -0.811. The number of hydrogen-bond acceptors (Lipinski definition) is 7. The lowest BCUT2D eigenvalue weighted by atomic mass is 10.2. The molecule has 2 heterocycles. The number of fused-ring (bicyclic) bond motifs is 1. The van der Waals surface area contributed by atoms with E-state index in [1.54, 1.807) is 25.1 Å². The predicted molar refractivity (Wildman–Crippen MR) is 87.7 cm³/mol. The first kappa shape index (κ1) is 15.9. The Morgan fingerprint density at radius 1 is 1.42 bits per heavy atom. The van der Waals surface area contributed by atoms with Crippen molar-refractivity contribution in [3.63, 3.8) is 0 Å². The SMILES string of the molecule is C/C(=N\NC(=O)[C@H]1COc2ccccc2O1)c1cc([N+](=O)[O-])cs1. The fourth-order valence-corrected chi connectivity index (χ4v) is 2.83. The number of thiophene rings is 1. The quantitative estimate of drug-likeness (QED) is 0.519. The van der Waals surface area contributed by atoms with Gasteiger partial charge in [0.1, 0.15) is 6.61 Å². The number of hydrazone groups is 1. The van der Waals surface area contributed by atoms with Gasteiger partial charge in [-0.05, 0) is 19.1 Å². The molecule has 0 aliphatic carbocycles. The zero-order chi connectivity index (χ0) is 17.1. The van der Waals surface area contributed by atoms with Gasteiger partial charge in [0, 0.05) is 6.07 Å². The molecule has 1 atom stereocenters. The lowest BCUT2D eigenvalue weighted by Gasteiger charge is -2.24. The van der Waals surface area contributed by atoms with Gasteiger partial charge in [-0.25, -0.2) is 5.43 Å². The van der Waals surface area contributed by atoms with Crippen LogP contribution in [0.25, 0.3) is 0 Å².